The van der Waals surface area contributed by atoms with Gasteiger partial charge in [0, 0.05) is 24.3 Å². The number of aryl methyl sites for hydroxylation is 2. The molecule has 1 aliphatic rings. The molecule has 2 aromatic carbocycles. The maximum Gasteiger partial charge on any atom is 0.204 e. The number of nitrogens with zero attached hydrogens (tertiary/aromatic N) is 4. The quantitative estimate of drug-likeness (QED) is 0.642. The maximum atomic E-state index is 5.84. The molecule has 140 valence electrons. The van der Waals surface area contributed by atoms with E-state index in [-0.39, 0.29) is 0 Å². The Labute approximate surface area is 164 Å². The lowest BCUT2D eigenvalue weighted by Crippen LogP contribution is -2.37. The van der Waals surface area contributed by atoms with Crippen LogP contribution in [0.25, 0.3) is 17.1 Å². The van der Waals surface area contributed by atoms with Gasteiger partial charge in [0.15, 0.2) is 5.82 Å². The molecular weight excluding hydrogens is 356 g/mol. The van der Waals surface area contributed by atoms with E-state index in [0.29, 0.717) is 11.4 Å². The molecule has 1 fully saturated rings. The molecule has 0 radical (unpaired) electrons. The van der Waals surface area contributed by atoms with Crippen LogP contribution < -0.4 is 0 Å². The van der Waals surface area contributed by atoms with Gasteiger partial charge in [0.25, 0.3) is 0 Å². The van der Waals surface area contributed by atoms with Crippen molar-refractivity contribution in [3.8, 4) is 17.1 Å². The molecule has 6 heteroatoms. The Morgan fingerprint density at radius 3 is 2.41 bits per heavy atom. The number of morpholine rings is 1. The van der Waals surface area contributed by atoms with Crippen molar-refractivity contribution in [2.24, 2.45) is 0 Å². The summed E-state index contributed by atoms with van der Waals surface area (Å²) < 4.78 is 10.2. The van der Waals surface area contributed by atoms with Crippen molar-refractivity contribution in [1.29, 1.82) is 0 Å². The van der Waals surface area contributed by atoms with Crippen molar-refractivity contribution < 1.29 is 4.74 Å². The topological polar surface area (TPSA) is 35.2 Å². The zero-order valence-electron chi connectivity index (χ0n) is 15.8. The van der Waals surface area contributed by atoms with Crippen LogP contribution in [0, 0.1) is 18.6 Å². The van der Waals surface area contributed by atoms with Crippen molar-refractivity contribution in [2.45, 2.75) is 20.5 Å². The normalized spacial score (nSPS) is 15.2. The van der Waals surface area contributed by atoms with E-state index in [9.17, 15) is 0 Å². The van der Waals surface area contributed by atoms with E-state index < -0.39 is 0 Å². The van der Waals surface area contributed by atoms with Crippen molar-refractivity contribution in [3.05, 3.63) is 64.4 Å². The summed E-state index contributed by atoms with van der Waals surface area (Å²) in [5.41, 5.74) is 4.55. The smallest absolute Gasteiger partial charge is 0.204 e. The van der Waals surface area contributed by atoms with Gasteiger partial charge in [-0.3, -0.25) is 9.47 Å². The van der Waals surface area contributed by atoms with Gasteiger partial charge in [-0.25, -0.2) is 4.68 Å². The monoisotopic (exact) mass is 380 g/mol. The summed E-state index contributed by atoms with van der Waals surface area (Å²) >= 11 is 5.84. The third-order valence-electron chi connectivity index (χ3n) is 4.96. The molecule has 0 N–H and O–H groups in total. The maximum absolute atomic E-state index is 5.84. The van der Waals surface area contributed by atoms with Gasteiger partial charge in [0.1, 0.15) is 0 Å². The van der Waals surface area contributed by atoms with Crippen molar-refractivity contribution >= 4 is 12.2 Å². The van der Waals surface area contributed by atoms with Gasteiger partial charge in [-0.15, -0.1) is 5.10 Å². The van der Waals surface area contributed by atoms with Gasteiger partial charge in [0.05, 0.1) is 19.9 Å². The molecule has 0 atom stereocenters. The lowest BCUT2D eigenvalue weighted by atomic mass is 10.1. The predicted octanol–water partition coefficient (Wildman–Crippen LogP) is 3.98. The summed E-state index contributed by atoms with van der Waals surface area (Å²) in [6.45, 7) is 8.21. The first-order valence-electron chi connectivity index (χ1n) is 9.26. The fourth-order valence-corrected chi connectivity index (χ4v) is 3.65. The molecule has 3 aromatic rings. The predicted molar refractivity (Wildman–Crippen MR) is 110 cm³/mol. The number of rotatable bonds is 4. The molecule has 0 bridgehead atoms. The summed E-state index contributed by atoms with van der Waals surface area (Å²) in [5.74, 6) is 0.884. The van der Waals surface area contributed by atoms with Crippen molar-refractivity contribution in [3.63, 3.8) is 0 Å². The summed E-state index contributed by atoms with van der Waals surface area (Å²) in [4.78, 5) is 2.33. The van der Waals surface area contributed by atoms with Crippen LogP contribution in [-0.4, -0.2) is 45.6 Å². The van der Waals surface area contributed by atoms with E-state index in [2.05, 4.69) is 59.7 Å². The molecule has 0 spiro atoms. The van der Waals surface area contributed by atoms with E-state index in [4.69, 9.17) is 22.1 Å². The SMILES string of the molecule is Cc1ccc(-n2c(-c3ccccc3C)nn(CN3CCOCC3)c2=S)cc1. The number of hydrogen-bond donors (Lipinski definition) is 0. The molecule has 1 saturated heterocycles. The Kier molecular flexibility index (Phi) is 5.20. The Balaban J connectivity index is 1.83. The molecule has 1 aromatic heterocycles. The minimum Gasteiger partial charge on any atom is -0.379 e. The third-order valence-corrected chi connectivity index (χ3v) is 5.35. The van der Waals surface area contributed by atoms with Gasteiger partial charge in [-0.2, -0.15) is 0 Å². The molecular formula is C21H24N4OS. The van der Waals surface area contributed by atoms with E-state index >= 15 is 0 Å². The third kappa shape index (κ3) is 3.74. The second-order valence-corrected chi connectivity index (χ2v) is 7.33. The highest BCUT2D eigenvalue weighted by Crippen LogP contribution is 2.26. The van der Waals surface area contributed by atoms with Crippen LogP contribution >= 0.6 is 12.2 Å². The molecule has 0 aliphatic carbocycles. The van der Waals surface area contributed by atoms with Gasteiger partial charge in [-0.05, 0) is 43.8 Å². The van der Waals surface area contributed by atoms with Crippen LogP contribution in [0.4, 0.5) is 0 Å². The molecule has 5 nitrogen and oxygen atoms in total. The number of hydrogen-bond acceptors (Lipinski definition) is 4. The second-order valence-electron chi connectivity index (χ2n) is 6.96. The Hall–Kier alpha value is -2.28. The fraction of sp³-hybridized carbons (Fsp3) is 0.333. The molecule has 0 saturated carbocycles. The van der Waals surface area contributed by atoms with Crippen LogP contribution in [0.2, 0.25) is 0 Å². The van der Waals surface area contributed by atoms with Crippen molar-refractivity contribution in [1.82, 2.24) is 19.2 Å². The first kappa shape index (κ1) is 18.1. The summed E-state index contributed by atoms with van der Waals surface area (Å²) in [7, 11) is 0. The second kappa shape index (κ2) is 7.76. The Morgan fingerprint density at radius 1 is 1.00 bits per heavy atom. The highest BCUT2D eigenvalue weighted by atomic mass is 32.1. The molecule has 27 heavy (non-hydrogen) atoms. The summed E-state index contributed by atoms with van der Waals surface area (Å²) in [5, 5.41) is 4.93. The summed E-state index contributed by atoms with van der Waals surface area (Å²) in [6.07, 6.45) is 0. The van der Waals surface area contributed by atoms with Crippen LogP contribution in [0.3, 0.4) is 0 Å². The number of ether oxygens (including phenoxy) is 1. The molecule has 2 heterocycles. The first-order chi connectivity index (χ1) is 13.1. The number of aromatic nitrogens is 3. The first-order valence-corrected chi connectivity index (χ1v) is 9.67. The van der Waals surface area contributed by atoms with Gasteiger partial charge in [-0.1, -0.05) is 42.0 Å². The molecule has 0 amide bonds. The van der Waals surface area contributed by atoms with Crippen LogP contribution in [0.1, 0.15) is 11.1 Å². The lowest BCUT2D eigenvalue weighted by Gasteiger charge is -2.26. The van der Waals surface area contributed by atoms with Crippen LogP contribution in [-0.2, 0) is 11.4 Å². The fourth-order valence-electron chi connectivity index (χ4n) is 3.36. The summed E-state index contributed by atoms with van der Waals surface area (Å²) in [6, 6.07) is 16.7. The van der Waals surface area contributed by atoms with Gasteiger partial charge < -0.3 is 4.74 Å². The van der Waals surface area contributed by atoms with E-state index in [1.807, 2.05) is 16.8 Å². The minimum absolute atomic E-state index is 0.680. The highest BCUT2D eigenvalue weighted by Gasteiger charge is 2.18. The molecule has 0 unspecified atom stereocenters. The Bertz CT molecular complexity index is 984. The van der Waals surface area contributed by atoms with Gasteiger partial charge >= 0.3 is 0 Å². The largest absolute Gasteiger partial charge is 0.379 e. The standard InChI is InChI=1S/C21H24N4OS/c1-16-7-9-18(10-8-16)25-20(19-6-4-3-5-17(19)2)22-24(21(25)27)15-23-11-13-26-14-12-23/h3-10H,11-15H2,1-2H3. The van der Waals surface area contributed by atoms with Crippen LogP contribution in [0.15, 0.2) is 48.5 Å². The zero-order chi connectivity index (χ0) is 18.8. The van der Waals surface area contributed by atoms with E-state index in [1.54, 1.807) is 0 Å². The molecule has 1 aliphatic heterocycles. The zero-order valence-corrected chi connectivity index (χ0v) is 16.6. The minimum atomic E-state index is 0.680. The average molecular weight is 381 g/mol. The number of benzene rings is 2. The van der Waals surface area contributed by atoms with E-state index in [0.717, 1.165) is 43.4 Å². The highest BCUT2D eigenvalue weighted by molar-refractivity contribution is 7.71. The average Bonchev–Trinajstić information content (AvgIpc) is 3.00. The van der Waals surface area contributed by atoms with Crippen molar-refractivity contribution in [2.75, 3.05) is 26.3 Å². The Morgan fingerprint density at radius 2 is 1.70 bits per heavy atom. The lowest BCUT2D eigenvalue weighted by molar-refractivity contribution is 0.0210. The molecule has 4 rings (SSSR count). The van der Waals surface area contributed by atoms with E-state index in [1.165, 1.54) is 11.1 Å². The van der Waals surface area contributed by atoms with Gasteiger partial charge in [0.2, 0.25) is 4.77 Å². The van der Waals surface area contributed by atoms with Crippen LogP contribution in [0.5, 0.6) is 0 Å².